The lowest BCUT2D eigenvalue weighted by molar-refractivity contribution is -0.114. The first-order valence-electron chi connectivity index (χ1n) is 6.49. The molecule has 0 spiro atoms. The Hall–Kier alpha value is -2.33. The second-order valence-electron chi connectivity index (χ2n) is 4.62. The number of hydrogen-bond acceptors (Lipinski definition) is 7. The summed E-state index contributed by atoms with van der Waals surface area (Å²) in [6.07, 6.45) is 0. The lowest BCUT2D eigenvalue weighted by atomic mass is 10.3. The van der Waals surface area contributed by atoms with Crippen LogP contribution in [-0.2, 0) is 19.4 Å². The zero-order valence-corrected chi connectivity index (χ0v) is 13.8. The zero-order chi connectivity index (χ0) is 16.9. The summed E-state index contributed by atoms with van der Waals surface area (Å²) in [5.74, 6) is -3.03. The maximum atomic E-state index is 11.9. The molecule has 1 aromatic heterocycles. The number of para-hydroxylation sites is 1. The first-order valence-corrected chi connectivity index (χ1v) is 9.13. The van der Waals surface area contributed by atoms with Crippen LogP contribution in [0.3, 0.4) is 0 Å². The highest BCUT2D eigenvalue weighted by Gasteiger charge is 2.21. The van der Waals surface area contributed by atoms with Gasteiger partial charge in [0.25, 0.3) is 0 Å². The number of nitrogens with one attached hydrogen (secondary N) is 2. The topological polar surface area (TPSA) is 118 Å². The molecule has 8 nitrogen and oxygen atoms in total. The highest BCUT2D eigenvalue weighted by Crippen LogP contribution is 2.13. The molecule has 2 rings (SSSR count). The van der Waals surface area contributed by atoms with E-state index >= 15 is 0 Å². The van der Waals surface area contributed by atoms with Crippen LogP contribution in [0.15, 0.2) is 30.3 Å². The molecule has 0 atom stereocenters. The smallest absolute Gasteiger partial charge is 0.241 e. The van der Waals surface area contributed by atoms with Crippen LogP contribution in [0.5, 0.6) is 0 Å². The number of benzene rings is 1. The summed E-state index contributed by atoms with van der Waals surface area (Å²) < 4.78 is 23.8. The maximum absolute atomic E-state index is 11.9. The van der Waals surface area contributed by atoms with E-state index in [0.717, 1.165) is 11.3 Å². The Balaban J connectivity index is 1.88. The molecule has 2 aromatic rings. The molecule has 1 aromatic carbocycles. The number of aryl methyl sites for hydroxylation is 1. The number of rotatable bonds is 6. The molecule has 122 valence electrons. The second kappa shape index (κ2) is 7.29. The molecule has 23 heavy (non-hydrogen) atoms. The summed E-state index contributed by atoms with van der Waals surface area (Å²) in [6, 6.07) is 8.46. The fraction of sp³-hybridized carbons (Fsp3) is 0.231. The molecule has 10 heteroatoms. The average Bonchev–Trinajstić information content (AvgIpc) is 2.83. The van der Waals surface area contributed by atoms with Crippen molar-refractivity contribution in [3.05, 3.63) is 35.3 Å². The molecule has 0 aliphatic heterocycles. The van der Waals surface area contributed by atoms with Crippen molar-refractivity contribution in [3.8, 4) is 0 Å². The van der Waals surface area contributed by atoms with Gasteiger partial charge in [0.2, 0.25) is 16.9 Å². The average molecular weight is 354 g/mol. The molecular weight excluding hydrogens is 340 g/mol. The first kappa shape index (κ1) is 17.0. The van der Waals surface area contributed by atoms with Crippen molar-refractivity contribution in [2.24, 2.45) is 0 Å². The van der Waals surface area contributed by atoms with Gasteiger partial charge in [-0.05, 0) is 19.1 Å². The Morgan fingerprint density at radius 3 is 2.22 bits per heavy atom. The largest absolute Gasteiger partial charge is 0.325 e. The molecule has 0 saturated carbocycles. The van der Waals surface area contributed by atoms with Gasteiger partial charge < -0.3 is 5.32 Å². The van der Waals surface area contributed by atoms with E-state index in [2.05, 4.69) is 20.8 Å². The van der Waals surface area contributed by atoms with Crippen molar-refractivity contribution in [2.45, 2.75) is 6.92 Å². The molecule has 0 radical (unpaired) electrons. The van der Waals surface area contributed by atoms with Gasteiger partial charge in [-0.15, -0.1) is 10.2 Å². The van der Waals surface area contributed by atoms with E-state index in [1.54, 1.807) is 37.3 Å². The Labute approximate surface area is 136 Å². The van der Waals surface area contributed by atoms with Crippen LogP contribution in [0.2, 0.25) is 0 Å². The number of aromatic nitrogens is 2. The predicted octanol–water partition coefficient (Wildman–Crippen LogP) is 0.839. The van der Waals surface area contributed by atoms with Crippen LogP contribution in [0.1, 0.15) is 5.01 Å². The van der Waals surface area contributed by atoms with Gasteiger partial charge in [-0.2, -0.15) is 0 Å². The van der Waals surface area contributed by atoms with Gasteiger partial charge in [0.1, 0.15) is 16.5 Å². The van der Waals surface area contributed by atoms with Gasteiger partial charge in [-0.1, -0.05) is 29.5 Å². The van der Waals surface area contributed by atoms with Crippen molar-refractivity contribution < 1.29 is 18.0 Å². The Kier molecular flexibility index (Phi) is 5.40. The first-order chi connectivity index (χ1) is 10.8. The minimum atomic E-state index is -3.88. The number of hydrogen-bond donors (Lipinski definition) is 2. The zero-order valence-electron chi connectivity index (χ0n) is 12.1. The van der Waals surface area contributed by atoms with Crippen molar-refractivity contribution in [1.29, 1.82) is 0 Å². The van der Waals surface area contributed by atoms with Crippen molar-refractivity contribution >= 4 is 43.8 Å². The van der Waals surface area contributed by atoms with E-state index in [-0.39, 0.29) is 5.13 Å². The van der Waals surface area contributed by atoms with Crippen molar-refractivity contribution in [2.75, 3.05) is 22.1 Å². The van der Waals surface area contributed by atoms with E-state index in [0.29, 0.717) is 10.7 Å². The summed E-state index contributed by atoms with van der Waals surface area (Å²) >= 11 is 1.13. The normalized spacial score (nSPS) is 11.0. The van der Waals surface area contributed by atoms with Crippen LogP contribution < -0.4 is 10.6 Å². The fourth-order valence-electron chi connectivity index (χ4n) is 1.67. The molecule has 0 unspecified atom stereocenters. The minimum Gasteiger partial charge on any atom is -0.325 e. The van der Waals surface area contributed by atoms with Crippen LogP contribution >= 0.6 is 11.3 Å². The van der Waals surface area contributed by atoms with Gasteiger partial charge in [0.15, 0.2) is 9.84 Å². The number of sulfone groups is 1. The Bertz CT molecular complexity index is 802. The van der Waals surface area contributed by atoms with Gasteiger partial charge in [-0.25, -0.2) is 8.42 Å². The molecule has 2 amide bonds. The lowest BCUT2D eigenvalue weighted by Gasteiger charge is -2.06. The highest BCUT2D eigenvalue weighted by molar-refractivity contribution is 7.92. The standard InChI is InChI=1S/C13H14N4O4S2/c1-9-16-17-13(22-9)15-12(19)8-23(20,21)7-11(18)14-10-5-3-2-4-6-10/h2-6H,7-8H2,1H3,(H,14,18)(H,15,17,19). The number of anilines is 2. The Morgan fingerprint density at radius 1 is 1.04 bits per heavy atom. The van der Waals surface area contributed by atoms with Crippen LogP contribution in [0, 0.1) is 6.92 Å². The molecule has 1 heterocycles. The van der Waals surface area contributed by atoms with E-state index in [1.165, 1.54) is 0 Å². The third-order valence-corrected chi connectivity index (χ3v) is 4.69. The molecule has 0 aliphatic carbocycles. The Morgan fingerprint density at radius 2 is 1.65 bits per heavy atom. The molecule has 0 saturated heterocycles. The van der Waals surface area contributed by atoms with Crippen LogP contribution in [-0.4, -0.2) is 41.9 Å². The third-order valence-electron chi connectivity index (χ3n) is 2.53. The quantitative estimate of drug-likeness (QED) is 0.793. The van der Waals surface area contributed by atoms with E-state index < -0.39 is 33.2 Å². The third kappa shape index (κ3) is 5.75. The van der Waals surface area contributed by atoms with Gasteiger partial charge >= 0.3 is 0 Å². The van der Waals surface area contributed by atoms with E-state index in [4.69, 9.17) is 0 Å². The van der Waals surface area contributed by atoms with Gasteiger partial charge in [-0.3, -0.25) is 14.9 Å². The summed E-state index contributed by atoms with van der Waals surface area (Å²) in [7, 11) is -3.88. The maximum Gasteiger partial charge on any atom is 0.241 e. The fourth-order valence-corrected chi connectivity index (χ4v) is 3.32. The molecule has 0 bridgehead atoms. The number of carbonyl (C=O) groups is 2. The van der Waals surface area contributed by atoms with Crippen LogP contribution in [0.4, 0.5) is 10.8 Å². The molecular formula is C13H14N4O4S2. The lowest BCUT2D eigenvalue weighted by Crippen LogP contribution is -2.30. The summed E-state index contributed by atoms with van der Waals surface area (Å²) in [5, 5.41) is 13.0. The molecule has 0 fully saturated rings. The number of amides is 2. The van der Waals surface area contributed by atoms with Crippen molar-refractivity contribution in [3.63, 3.8) is 0 Å². The summed E-state index contributed by atoms with van der Waals surface area (Å²) in [6.45, 7) is 1.71. The monoisotopic (exact) mass is 354 g/mol. The predicted molar refractivity (Wildman–Crippen MR) is 87.0 cm³/mol. The van der Waals surface area contributed by atoms with Gasteiger partial charge in [0, 0.05) is 5.69 Å². The van der Waals surface area contributed by atoms with Gasteiger partial charge in [0.05, 0.1) is 0 Å². The molecule has 2 N–H and O–H groups in total. The van der Waals surface area contributed by atoms with E-state index in [1.807, 2.05) is 0 Å². The minimum absolute atomic E-state index is 0.219. The number of carbonyl (C=O) groups excluding carboxylic acids is 2. The van der Waals surface area contributed by atoms with Crippen molar-refractivity contribution in [1.82, 2.24) is 10.2 Å². The van der Waals surface area contributed by atoms with Crippen LogP contribution in [0.25, 0.3) is 0 Å². The second-order valence-corrected chi connectivity index (χ2v) is 7.87. The number of nitrogens with zero attached hydrogens (tertiary/aromatic N) is 2. The summed E-state index contributed by atoms with van der Waals surface area (Å²) in [5.41, 5.74) is 0.487. The highest BCUT2D eigenvalue weighted by atomic mass is 32.2. The van der Waals surface area contributed by atoms with E-state index in [9.17, 15) is 18.0 Å². The molecule has 0 aliphatic rings. The SMILES string of the molecule is Cc1nnc(NC(=O)CS(=O)(=O)CC(=O)Nc2ccccc2)s1. The summed E-state index contributed by atoms with van der Waals surface area (Å²) in [4.78, 5) is 23.4.